The number of carboxylic acid groups (broad SMARTS) is 1. The zero-order valence-electron chi connectivity index (χ0n) is 12.9. The molecule has 0 aliphatic carbocycles. The standard InChI is InChI=1S/C15H19NO5S/c1-5-10-9(4)22-14(13(10)15(20)21-8(2)3)16-11(17)6-7-12(18)19/h6-8H,5H2,1-4H3,(H,16,17)(H,18,19). The number of hydrogen-bond donors (Lipinski definition) is 2. The van der Waals surface area contributed by atoms with Gasteiger partial charge in [0.1, 0.15) is 5.00 Å². The van der Waals surface area contributed by atoms with Gasteiger partial charge < -0.3 is 15.2 Å². The van der Waals surface area contributed by atoms with E-state index >= 15 is 0 Å². The Hall–Kier alpha value is -2.15. The van der Waals surface area contributed by atoms with Crippen LogP contribution in [0.15, 0.2) is 12.2 Å². The number of nitrogens with one attached hydrogen (secondary N) is 1. The Balaban J connectivity index is 3.11. The monoisotopic (exact) mass is 325 g/mol. The van der Waals surface area contributed by atoms with Gasteiger partial charge >= 0.3 is 11.9 Å². The highest BCUT2D eigenvalue weighted by molar-refractivity contribution is 7.16. The first-order valence-corrected chi connectivity index (χ1v) is 7.63. The molecular weight excluding hydrogens is 306 g/mol. The number of rotatable bonds is 6. The zero-order chi connectivity index (χ0) is 16.9. The summed E-state index contributed by atoms with van der Waals surface area (Å²) in [6.07, 6.45) is 2.00. The fraction of sp³-hybridized carbons (Fsp3) is 0.400. The number of thiophene rings is 1. The number of ether oxygens (including phenoxy) is 1. The molecule has 120 valence electrons. The lowest BCUT2D eigenvalue weighted by molar-refractivity contribution is -0.131. The number of anilines is 1. The van der Waals surface area contributed by atoms with Gasteiger partial charge in [-0.1, -0.05) is 6.92 Å². The summed E-state index contributed by atoms with van der Waals surface area (Å²) in [6.45, 7) is 7.27. The van der Waals surface area contributed by atoms with Crippen molar-refractivity contribution in [3.05, 3.63) is 28.2 Å². The molecule has 0 bridgehead atoms. The summed E-state index contributed by atoms with van der Waals surface area (Å²) < 4.78 is 5.22. The fourth-order valence-corrected chi connectivity index (χ4v) is 3.02. The highest BCUT2D eigenvalue weighted by atomic mass is 32.1. The third-order valence-corrected chi connectivity index (χ3v) is 3.79. The van der Waals surface area contributed by atoms with Crippen LogP contribution in [0, 0.1) is 6.92 Å². The summed E-state index contributed by atoms with van der Waals surface area (Å²) in [6, 6.07) is 0. The maximum atomic E-state index is 12.2. The van der Waals surface area contributed by atoms with E-state index in [0.29, 0.717) is 17.0 Å². The molecule has 1 heterocycles. The highest BCUT2D eigenvalue weighted by Gasteiger charge is 2.23. The van der Waals surface area contributed by atoms with Crippen LogP contribution in [0.5, 0.6) is 0 Å². The summed E-state index contributed by atoms with van der Waals surface area (Å²) in [4.78, 5) is 35.3. The smallest absolute Gasteiger partial charge is 0.341 e. The molecule has 0 spiro atoms. The molecule has 22 heavy (non-hydrogen) atoms. The van der Waals surface area contributed by atoms with E-state index < -0.39 is 17.8 Å². The second-order valence-electron chi connectivity index (χ2n) is 4.81. The van der Waals surface area contributed by atoms with Gasteiger partial charge in [-0.3, -0.25) is 4.79 Å². The van der Waals surface area contributed by atoms with E-state index in [1.807, 2.05) is 13.8 Å². The van der Waals surface area contributed by atoms with Crippen LogP contribution in [0.4, 0.5) is 5.00 Å². The maximum Gasteiger partial charge on any atom is 0.341 e. The van der Waals surface area contributed by atoms with Gasteiger partial charge in [0, 0.05) is 17.0 Å². The van der Waals surface area contributed by atoms with Crippen molar-refractivity contribution in [2.45, 2.75) is 40.2 Å². The average molecular weight is 325 g/mol. The molecule has 0 atom stereocenters. The van der Waals surface area contributed by atoms with Gasteiger partial charge in [-0.15, -0.1) is 11.3 Å². The molecule has 1 rings (SSSR count). The SMILES string of the molecule is CCc1c(C)sc(NC(=O)C=CC(=O)O)c1C(=O)OC(C)C. The van der Waals surface area contributed by atoms with Crippen molar-refractivity contribution in [1.29, 1.82) is 0 Å². The van der Waals surface area contributed by atoms with Gasteiger partial charge in [0.2, 0.25) is 5.91 Å². The van der Waals surface area contributed by atoms with E-state index in [4.69, 9.17) is 9.84 Å². The van der Waals surface area contributed by atoms with Crippen LogP contribution in [-0.2, 0) is 20.7 Å². The Morgan fingerprint density at radius 1 is 1.32 bits per heavy atom. The number of carbonyl (C=O) groups is 3. The Morgan fingerprint density at radius 2 is 1.95 bits per heavy atom. The Kier molecular flexibility index (Phi) is 6.30. The number of hydrogen-bond acceptors (Lipinski definition) is 5. The van der Waals surface area contributed by atoms with Gasteiger partial charge in [0.15, 0.2) is 0 Å². The number of carboxylic acids is 1. The number of aryl methyl sites for hydroxylation is 1. The lowest BCUT2D eigenvalue weighted by Gasteiger charge is -2.10. The molecule has 0 saturated heterocycles. The minimum absolute atomic E-state index is 0.270. The molecule has 0 aliphatic rings. The van der Waals surface area contributed by atoms with Crippen LogP contribution in [0.2, 0.25) is 0 Å². The lowest BCUT2D eigenvalue weighted by Crippen LogP contribution is -2.16. The molecule has 1 amide bonds. The molecule has 0 aromatic carbocycles. The van der Waals surface area contributed by atoms with Gasteiger partial charge in [-0.05, 0) is 32.8 Å². The fourth-order valence-electron chi connectivity index (χ4n) is 1.88. The summed E-state index contributed by atoms with van der Waals surface area (Å²) in [5.41, 5.74) is 1.17. The first-order valence-electron chi connectivity index (χ1n) is 6.81. The summed E-state index contributed by atoms with van der Waals surface area (Å²) in [7, 11) is 0. The minimum Gasteiger partial charge on any atom is -0.478 e. The van der Waals surface area contributed by atoms with Crippen molar-refractivity contribution in [2.75, 3.05) is 5.32 Å². The number of carbonyl (C=O) groups excluding carboxylic acids is 2. The van der Waals surface area contributed by atoms with Crippen LogP contribution in [-0.4, -0.2) is 29.1 Å². The first kappa shape index (κ1) is 17.9. The summed E-state index contributed by atoms with van der Waals surface area (Å²) in [5, 5.41) is 11.4. The van der Waals surface area contributed by atoms with E-state index in [0.717, 1.165) is 22.6 Å². The van der Waals surface area contributed by atoms with Crippen molar-refractivity contribution in [1.82, 2.24) is 0 Å². The van der Waals surface area contributed by atoms with Crippen molar-refractivity contribution in [2.24, 2.45) is 0 Å². The summed E-state index contributed by atoms with van der Waals surface area (Å²) >= 11 is 1.27. The number of esters is 1. The van der Waals surface area contributed by atoms with E-state index in [1.165, 1.54) is 11.3 Å². The molecule has 1 aromatic rings. The van der Waals surface area contributed by atoms with Crippen LogP contribution < -0.4 is 5.32 Å². The summed E-state index contributed by atoms with van der Waals surface area (Å²) in [5.74, 6) is -2.31. The molecule has 7 heteroatoms. The average Bonchev–Trinajstić information content (AvgIpc) is 2.71. The second-order valence-corrected chi connectivity index (χ2v) is 6.03. The van der Waals surface area contributed by atoms with Gasteiger partial charge in [0.05, 0.1) is 11.7 Å². The third-order valence-electron chi connectivity index (χ3n) is 2.72. The number of amides is 1. The lowest BCUT2D eigenvalue weighted by atomic mass is 10.1. The van der Waals surface area contributed by atoms with E-state index in [9.17, 15) is 14.4 Å². The van der Waals surface area contributed by atoms with E-state index in [2.05, 4.69) is 5.32 Å². The van der Waals surface area contributed by atoms with E-state index in [1.54, 1.807) is 13.8 Å². The minimum atomic E-state index is -1.22. The predicted molar refractivity (Wildman–Crippen MR) is 84.4 cm³/mol. The second kappa shape index (κ2) is 7.74. The van der Waals surface area contributed by atoms with Crippen LogP contribution >= 0.6 is 11.3 Å². The molecule has 0 radical (unpaired) electrons. The van der Waals surface area contributed by atoms with E-state index in [-0.39, 0.29) is 6.10 Å². The predicted octanol–water partition coefficient (Wildman–Crippen LogP) is 2.76. The van der Waals surface area contributed by atoms with Crippen molar-refractivity contribution in [3.63, 3.8) is 0 Å². The third kappa shape index (κ3) is 4.70. The van der Waals surface area contributed by atoms with Gasteiger partial charge in [0.25, 0.3) is 0 Å². The van der Waals surface area contributed by atoms with Gasteiger partial charge in [-0.2, -0.15) is 0 Å². The Labute approximate surface area is 132 Å². The molecule has 0 aliphatic heterocycles. The van der Waals surface area contributed by atoms with Gasteiger partial charge in [-0.25, -0.2) is 9.59 Å². The van der Waals surface area contributed by atoms with Crippen LogP contribution in [0.1, 0.15) is 41.6 Å². The topological polar surface area (TPSA) is 92.7 Å². The first-order chi connectivity index (χ1) is 10.3. The largest absolute Gasteiger partial charge is 0.478 e. The molecular formula is C15H19NO5S. The Morgan fingerprint density at radius 3 is 2.45 bits per heavy atom. The zero-order valence-corrected chi connectivity index (χ0v) is 13.7. The normalized spacial score (nSPS) is 11.0. The van der Waals surface area contributed by atoms with Crippen molar-refractivity contribution >= 4 is 34.2 Å². The number of aliphatic carboxylic acids is 1. The quantitative estimate of drug-likeness (QED) is 0.620. The molecule has 0 fully saturated rings. The van der Waals surface area contributed by atoms with Crippen molar-refractivity contribution in [3.8, 4) is 0 Å². The molecule has 6 nitrogen and oxygen atoms in total. The Bertz CT molecular complexity index is 616. The highest BCUT2D eigenvalue weighted by Crippen LogP contribution is 2.34. The van der Waals surface area contributed by atoms with Crippen LogP contribution in [0.25, 0.3) is 0 Å². The molecule has 1 aromatic heterocycles. The molecule has 0 saturated carbocycles. The van der Waals surface area contributed by atoms with Crippen LogP contribution in [0.3, 0.4) is 0 Å². The maximum absolute atomic E-state index is 12.2. The van der Waals surface area contributed by atoms with Crippen molar-refractivity contribution < 1.29 is 24.2 Å². The molecule has 0 unspecified atom stereocenters. The molecule has 2 N–H and O–H groups in total.